The van der Waals surface area contributed by atoms with Crippen LogP contribution in [-0.2, 0) is 4.74 Å². The molecule has 0 amide bonds. The van der Waals surface area contributed by atoms with Crippen molar-refractivity contribution in [3.63, 3.8) is 0 Å². The van der Waals surface area contributed by atoms with Crippen molar-refractivity contribution in [3.05, 3.63) is 14.4 Å². The quantitative estimate of drug-likeness (QED) is 0.728. The maximum absolute atomic E-state index is 5.22. The van der Waals surface area contributed by atoms with E-state index in [2.05, 4.69) is 12.2 Å². The summed E-state index contributed by atoms with van der Waals surface area (Å²) in [5.41, 5.74) is 0. The van der Waals surface area contributed by atoms with Crippen molar-refractivity contribution in [2.45, 2.75) is 12.8 Å². The van der Waals surface area contributed by atoms with Gasteiger partial charge in [-0.05, 0) is 25.3 Å². The molecule has 0 radical (unpaired) electrons. The molecule has 2 nitrogen and oxygen atoms in total. The molecule has 1 unspecified atom stereocenters. The van der Waals surface area contributed by atoms with E-state index < -0.39 is 0 Å². The van der Waals surface area contributed by atoms with Gasteiger partial charge in [0.25, 0.3) is 0 Å². The van der Waals surface area contributed by atoms with Gasteiger partial charge in [-0.1, -0.05) is 6.61 Å². The zero-order chi connectivity index (χ0) is 7.23. The van der Waals surface area contributed by atoms with Gasteiger partial charge >= 0.3 is 31.1 Å². The van der Waals surface area contributed by atoms with Crippen molar-refractivity contribution >= 4 is 0 Å². The van der Waals surface area contributed by atoms with Crippen LogP contribution >= 0.6 is 0 Å². The second-order valence-electron chi connectivity index (χ2n) is 2.79. The Morgan fingerprint density at radius 1 is 1.50 bits per heavy atom. The molecular weight excluding hydrogens is 376 g/mol. The van der Waals surface area contributed by atoms with Gasteiger partial charge in [-0.2, -0.15) is 0 Å². The number of hydrogen-bond acceptors (Lipinski definition) is 2. The summed E-state index contributed by atoms with van der Waals surface area (Å²) < 4.78 is 5.22. The Morgan fingerprint density at radius 2 is 2.25 bits per heavy atom. The van der Waals surface area contributed by atoms with E-state index in [1.54, 1.807) is 0 Å². The summed E-state index contributed by atoms with van der Waals surface area (Å²) in [4.78, 5) is 0. The molecule has 3 heteroatoms. The van der Waals surface area contributed by atoms with Crippen molar-refractivity contribution in [3.8, 4) is 0 Å². The van der Waals surface area contributed by atoms with Gasteiger partial charge < -0.3 is 24.4 Å². The van der Waals surface area contributed by atoms with Gasteiger partial charge in [0.2, 0.25) is 0 Å². The van der Waals surface area contributed by atoms with E-state index in [1.807, 2.05) is 0 Å². The third-order valence-corrected chi connectivity index (χ3v) is 1.90. The standard InChI is InChI=1S/C8H16NO.CH3.U/c1-2-10-7-8-4-3-5-9-6-8;;/h8-9H,1-7H2;1H3;/q2*-1;+2. The van der Waals surface area contributed by atoms with Crippen LogP contribution in [0.15, 0.2) is 0 Å². The van der Waals surface area contributed by atoms with Crippen molar-refractivity contribution < 1.29 is 35.9 Å². The smallest absolute Gasteiger partial charge is 0.413 e. The van der Waals surface area contributed by atoms with Gasteiger partial charge in [0.15, 0.2) is 0 Å². The molecule has 0 aromatic heterocycles. The van der Waals surface area contributed by atoms with Gasteiger partial charge in [-0.3, -0.25) is 0 Å². The monoisotopic (exact) mass is 395 g/mol. The fraction of sp³-hybridized carbons (Fsp3) is 0.778. The Hall–Kier alpha value is 0.972. The van der Waals surface area contributed by atoms with E-state index in [-0.39, 0.29) is 38.5 Å². The van der Waals surface area contributed by atoms with Crippen LogP contribution in [0, 0.1) is 51.4 Å². The second kappa shape index (κ2) is 10.1. The van der Waals surface area contributed by atoms with Gasteiger partial charge in [-0.25, -0.2) is 0 Å². The van der Waals surface area contributed by atoms with Crippen molar-refractivity contribution in [2.24, 2.45) is 5.92 Å². The van der Waals surface area contributed by atoms with Crippen molar-refractivity contribution in [1.29, 1.82) is 0 Å². The minimum absolute atomic E-state index is 0. The molecule has 0 bridgehead atoms. The molecule has 1 saturated heterocycles. The fourth-order valence-electron chi connectivity index (χ4n) is 1.32. The first-order valence-electron chi connectivity index (χ1n) is 4.01. The summed E-state index contributed by atoms with van der Waals surface area (Å²) in [5, 5.41) is 3.34. The maximum atomic E-state index is 5.22. The molecule has 1 heterocycles. The van der Waals surface area contributed by atoms with E-state index in [0.29, 0.717) is 6.61 Å². The first-order chi connectivity index (χ1) is 4.93. The molecular formula is C9H19NOU. The average Bonchev–Trinajstić information content (AvgIpc) is 2.03. The minimum Gasteiger partial charge on any atom is -0.413 e. The van der Waals surface area contributed by atoms with Gasteiger partial charge in [0.1, 0.15) is 0 Å². The molecule has 70 valence electrons. The second-order valence-corrected chi connectivity index (χ2v) is 2.79. The van der Waals surface area contributed by atoms with E-state index in [4.69, 9.17) is 4.74 Å². The Bertz CT molecular complexity index is 84.6. The number of piperidine rings is 1. The maximum Gasteiger partial charge on any atom is 2.00 e. The summed E-state index contributed by atoms with van der Waals surface area (Å²) in [5.74, 6) is 0.732. The van der Waals surface area contributed by atoms with Crippen LogP contribution in [0.4, 0.5) is 0 Å². The molecule has 0 aliphatic carbocycles. The van der Waals surface area contributed by atoms with Crippen LogP contribution in [-0.4, -0.2) is 26.3 Å². The Morgan fingerprint density at radius 3 is 2.75 bits per heavy atom. The average molecular weight is 395 g/mol. The molecule has 0 saturated carbocycles. The van der Waals surface area contributed by atoms with Crippen LogP contribution in [0.2, 0.25) is 0 Å². The molecule has 1 rings (SSSR count). The Kier molecular flexibility index (Phi) is 12.9. The Balaban J connectivity index is 0. The van der Waals surface area contributed by atoms with Crippen LogP contribution < -0.4 is 5.32 Å². The molecule has 1 fully saturated rings. The first-order valence-corrected chi connectivity index (χ1v) is 4.01. The number of hydrogen-bond donors (Lipinski definition) is 1. The van der Waals surface area contributed by atoms with E-state index in [9.17, 15) is 0 Å². The molecule has 1 aliphatic heterocycles. The first kappa shape index (κ1) is 15.4. The number of ether oxygens (including phenoxy) is 1. The van der Waals surface area contributed by atoms with Crippen LogP contribution in [0.25, 0.3) is 0 Å². The van der Waals surface area contributed by atoms with E-state index in [0.717, 1.165) is 19.1 Å². The predicted octanol–water partition coefficient (Wildman–Crippen LogP) is 1.29. The largest absolute Gasteiger partial charge is 2.00 e. The topological polar surface area (TPSA) is 21.3 Å². The fourth-order valence-corrected chi connectivity index (χ4v) is 1.32. The molecule has 1 aliphatic rings. The van der Waals surface area contributed by atoms with E-state index in [1.165, 1.54) is 19.4 Å². The third kappa shape index (κ3) is 6.48. The van der Waals surface area contributed by atoms with Crippen molar-refractivity contribution in [2.75, 3.05) is 26.3 Å². The Labute approximate surface area is 100 Å². The summed E-state index contributed by atoms with van der Waals surface area (Å²) in [7, 11) is 0. The SMILES string of the molecule is [CH2-]COCC1CCCNC1.[CH3-].[U+2]. The normalized spacial score (nSPS) is 22.2. The molecule has 0 aromatic rings. The number of nitrogens with one attached hydrogen (secondary N) is 1. The third-order valence-electron chi connectivity index (χ3n) is 1.90. The van der Waals surface area contributed by atoms with E-state index >= 15 is 0 Å². The van der Waals surface area contributed by atoms with Gasteiger partial charge in [-0.15, -0.1) is 0 Å². The number of rotatable bonds is 3. The zero-order valence-corrected chi connectivity index (χ0v) is 12.1. The minimum atomic E-state index is 0. The van der Waals surface area contributed by atoms with Crippen LogP contribution in [0.1, 0.15) is 12.8 Å². The van der Waals surface area contributed by atoms with Gasteiger partial charge in [0, 0.05) is 13.2 Å². The van der Waals surface area contributed by atoms with Gasteiger partial charge in [0.05, 0.1) is 0 Å². The summed E-state index contributed by atoms with van der Waals surface area (Å²) in [6.07, 6.45) is 2.61. The predicted molar refractivity (Wildman–Crippen MR) is 48.2 cm³/mol. The molecule has 1 atom stereocenters. The summed E-state index contributed by atoms with van der Waals surface area (Å²) >= 11 is 0. The molecule has 12 heavy (non-hydrogen) atoms. The molecule has 1 N–H and O–H groups in total. The molecule has 0 aromatic carbocycles. The molecule has 0 spiro atoms. The van der Waals surface area contributed by atoms with Crippen LogP contribution in [0.5, 0.6) is 0 Å². The zero-order valence-electron chi connectivity index (χ0n) is 7.94. The van der Waals surface area contributed by atoms with Crippen LogP contribution in [0.3, 0.4) is 0 Å². The summed E-state index contributed by atoms with van der Waals surface area (Å²) in [6, 6.07) is 0. The summed E-state index contributed by atoms with van der Waals surface area (Å²) in [6.45, 7) is 7.43. The van der Waals surface area contributed by atoms with Crippen molar-refractivity contribution in [1.82, 2.24) is 5.32 Å².